The molecule has 1 aromatic rings. The van der Waals surface area contributed by atoms with Gasteiger partial charge in [0.15, 0.2) is 0 Å². The summed E-state index contributed by atoms with van der Waals surface area (Å²) in [7, 11) is 0. The molecule has 1 fully saturated rings. The molecule has 2 heterocycles. The minimum absolute atomic E-state index is 0.104. The molecule has 2 rings (SSSR count). The molecule has 6 nitrogen and oxygen atoms in total. The van der Waals surface area contributed by atoms with Gasteiger partial charge >= 0.3 is 0 Å². The summed E-state index contributed by atoms with van der Waals surface area (Å²) in [6.07, 6.45) is -0.329. The lowest BCUT2D eigenvalue weighted by Crippen LogP contribution is -2.50. The maximum absolute atomic E-state index is 12.1. The van der Waals surface area contributed by atoms with Crippen molar-refractivity contribution in [2.24, 2.45) is 0 Å². The zero-order valence-electron chi connectivity index (χ0n) is 10.8. The summed E-state index contributed by atoms with van der Waals surface area (Å²) < 4.78 is 4.98. The van der Waals surface area contributed by atoms with Crippen LogP contribution in [0.25, 0.3) is 0 Å². The number of aliphatic hydroxyl groups is 1. The van der Waals surface area contributed by atoms with Gasteiger partial charge in [-0.05, 0) is 13.8 Å². The van der Waals surface area contributed by atoms with Crippen molar-refractivity contribution in [1.29, 1.82) is 0 Å². The number of carbonyl (C=O) groups is 1. The fourth-order valence-corrected chi connectivity index (χ4v) is 2.13. The second kappa shape index (κ2) is 5.49. The molecule has 1 amide bonds. The third kappa shape index (κ3) is 3.08. The van der Waals surface area contributed by atoms with Crippen LogP contribution in [0.2, 0.25) is 0 Å². The maximum Gasteiger partial charge on any atom is 0.292 e. The third-order valence-electron chi connectivity index (χ3n) is 3.02. The van der Waals surface area contributed by atoms with Crippen LogP contribution in [0.3, 0.4) is 0 Å². The molecule has 0 saturated carbocycles. The Morgan fingerprint density at radius 2 is 2.17 bits per heavy atom. The van der Waals surface area contributed by atoms with Crippen LogP contribution in [0.1, 0.15) is 23.2 Å². The molecule has 18 heavy (non-hydrogen) atoms. The van der Waals surface area contributed by atoms with Gasteiger partial charge in [-0.3, -0.25) is 9.69 Å². The molecular weight excluding hydrogens is 234 g/mol. The van der Waals surface area contributed by atoms with E-state index in [9.17, 15) is 9.90 Å². The maximum atomic E-state index is 12.1. The van der Waals surface area contributed by atoms with Crippen molar-refractivity contribution in [3.8, 4) is 0 Å². The monoisotopic (exact) mass is 253 g/mol. The van der Waals surface area contributed by atoms with Crippen molar-refractivity contribution in [2.45, 2.75) is 20.0 Å². The summed E-state index contributed by atoms with van der Waals surface area (Å²) in [6.45, 7) is 7.10. The van der Waals surface area contributed by atoms with Gasteiger partial charge in [0.1, 0.15) is 0 Å². The van der Waals surface area contributed by atoms with E-state index in [4.69, 9.17) is 4.52 Å². The first-order valence-electron chi connectivity index (χ1n) is 6.19. The molecule has 1 aromatic heterocycles. The highest BCUT2D eigenvalue weighted by molar-refractivity contribution is 5.91. The summed E-state index contributed by atoms with van der Waals surface area (Å²) >= 11 is 0. The van der Waals surface area contributed by atoms with Crippen LogP contribution in [-0.2, 0) is 0 Å². The Labute approximate surface area is 106 Å². The van der Waals surface area contributed by atoms with Crippen molar-refractivity contribution in [2.75, 3.05) is 32.7 Å². The summed E-state index contributed by atoms with van der Waals surface area (Å²) in [4.78, 5) is 16.0. The molecule has 0 bridgehead atoms. The highest BCUT2D eigenvalue weighted by atomic mass is 16.5. The van der Waals surface area contributed by atoms with Gasteiger partial charge in [0, 0.05) is 38.8 Å². The average molecular weight is 253 g/mol. The Bertz CT molecular complexity index is 408. The fourth-order valence-electron chi connectivity index (χ4n) is 2.13. The molecule has 100 valence electrons. The van der Waals surface area contributed by atoms with E-state index >= 15 is 0 Å². The van der Waals surface area contributed by atoms with Crippen LogP contribution >= 0.6 is 0 Å². The van der Waals surface area contributed by atoms with Gasteiger partial charge in [-0.2, -0.15) is 0 Å². The number of β-amino-alcohol motifs (C(OH)–C–C–N with tert-alkyl or cyclic N) is 1. The molecule has 6 heteroatoms. The summed E-state index contributed by atoms with van der Waals surface area (Å²) in [5, 5.41) is 13.0. The quantitative estimate of drug-likeness (QED) is 0.828. The van der Waals surface area contributed by atoms with Crippen LogP contribution in [-0.4, -0.2) is 64.8 Å². The van der Waals surface area contributed by atoms with Gasteiger partial charge in [0.25, 0.3) is 5.91 Å². The number of aliphatic hydroxyl groups excluding tert-OH is 1. The van der Waals surface area contributed by atoms with Gasteiger partial charge < -0.3 is 14.5 Å². The van der Waals surface area contributed by atoms with Gasteiger partial charge in [0.2, 0.25) is 5.76 Å². The lowest BCUT2D eigenvalue weighted by Gasteiger charge is -2.34. The van der Waals surface area contributed by atoms with Crippen molar-refractivity contribution in [1.82, 2.24) is 15.0 Å². The van der Waals surface area contributed by atoms with E-state index < -0.39 is 0 Å². The average Bonchev–Trinajstić information content (AvgIpc) is 2.75. The molecular formula is C12H19N3O3. The van der Waals surface area contributed by atoms with Gasteiger partial charge in [-0.15, -0.1) is 0 Å². The van der Waals surface area contributed by atoms with Crippen molar-refractivity contribution in [3.05, 3.63) is 17.5 Å². The van der Waals surface area contributed by atoms with E-state index in [-0.39, 0.29) is 12.0 Å². The number of hydrogen-bond acceptors (Lipinski definition) is 5. The van der Waals surface area contributed by atoms with Crippen molar-refractivity contribution >= 4 is 5.91 Å². The molecule has 0 spiro atoms. The number of rotatable bonds is 3. The molecule has 0 aromatic carbocycles. The first kappa shape index (κ1) is 13.0. The molecule has 1 N–H and O–H groups in total. The Balaban J connectivity index is 1.88. The smallest absolute Gasteiger partial charge is 0.292 e. The van der Waals surface area contributed by atoms with E-state index in [1.54, 1.807) is 24.8 Å². The number of carbonyl (C=O) groups excluding carboxylic acids is 1. The second-order valence-corrected chi connectivity index (χ2v) is 4.77. The Morgan fingerprint density at radius 3 is 2.67 bits per heavy atom. The predicted molar refractivity (Wildman–Crippen MR) is 65.3 cm³/mol. The highest BCUT2D eigenvalue weighted by Crippen LogP contribution is 2.10. The number of aryl methyl sites for hydroxylation is 1. The number of piperazine rings is 1. The molecule has 1 aliphatic heterocycles. The van der Waals surface area contributed by atoms with E-state index in [0.717, 1.165) is 13.1 Å². The van der Waals surface area contributed by atoms with Gasteiger partial charge in [-0.25, -0.2) is 0 Å². The molecule has 1 atom stereocenters. The summed E-state index contributed by atoms with van der Waals surface area (Å²) in [5.41, 5.74) is 0.714. The van der Waals surface area contributed by atoms with Crippen LogP contribution in [0.5, 0.6) is 0 Å². The lowest BCUT2D eigenvalue weighted by molar-refractivity contribution is 0.0520. The number of aromatic nitrogens is 1. The first-order chi connectivity index (χ1) is 8.56. The zero-order chi connectivity index (χ0) is 13.1. The molecule has 0 unspecified atom stereocenters. The van der Waals surface area contributed by atoms with Crippen LogP contribution < -0.4 is 0 Å². The SMILES string of the molecule is Cc1cc(C(=O)N2CCN(C[C@H](C)O)CC2)on1. The highest BCUT2D eigenvalue weighted by Gasteiger charge is 2.24. The Morgan fingerprint density at radius 1 is 1.50 bits per heavy atom. The van der Waals surface area contributed by atoms with Crippen LogP contribution in [0, 0.1) is 6.92 Å². The summed E-state index contributed by atoms with van der Waals surface area (Å²) in [5.74, 6) is 0.198. The molecule has 0 aliphatic carbocycles. The molecule has 1 saturated heterocycles. The second-order valence-electron chi connectivity index (χ2n) is 4.77. The minimum atomic E-state index is -0.329. The largest absolute Gasteiger partial charge is 0.392 e. The number of amides is 1. The van der Waals surface area contributed by atoms with E-state index in [2.05, 4.69) is 10.1 Å². The molecule has 1 aliphatic rings. The fraction of sp³-hybridized carbons (Fsp3) is 0.667. The van der Waals surface area contributed by atoms with Crippen molar-refractivity contribution in [3.63, 3.8) is 0 Å². The van der Waals surface area contributed by atoms with E-state index in [0.29, 0.717) is 31.1 Å². The topological polar surface area (TPSA) is 69.8 Å². The van der Waals surface area contributed by atoms with Crippen LogP contribution in [0.15, 0.2) is 10.6 Å². The minimum Gasteiger partial charge on any atom is -0.392 e. The number of nitrogens with zero attached hydrogens (tertiary/aromatic N) is 3. The van der Waals surface area contributed by atoms with E-state index in [1.807, 2.05) is 0 Å². The predicted octanol–water partition coefficient (Wildman–Crippen LogP) is 0.122. The van der Waals surface area contributed by atoms with E-state index in [1.165, 1.54) is 0 Å². The van der Waals surface area contributed by atoms with Crippen LogP contribution in [0.4, 0.5) is 0 Å². The van der Waals surface area contributed by atoms with Gasteiger partial charge in [-0.1, -0.05) is 5.16 Å². The summed E-state index contributed by atoms with van der Waals surface area (Å²) in [6, 6.07) is 1.66. The standard InChI is InChI=1S/C12H19N3O3/c1-9-7-11(18-13-9)12(17)15-5-3-14(4-6-15)8-10(2)16/h7,10,16H,3-6,8H2,1-2H3/t10-/m0/s1. The zero-order valence-corrected chi connectivity index (χ0v) is 10.8. The normalized spacial score (nSPS) is 18.9. The lowest BCUT2D eigenvalue weighted by atomic mass is 10.2. The van der Waals surface area contributed by atoms with Gasteiger partial charge in [0.05, 0.1) is 11.8 Å². The first-order valence-corrected chi connectivity index (χ1v) is 6.19. The third-order valence-corrected chi connectivity index (χ3v) is 3.02. The number of hydrogen-bond donors (Lipinski definition) is 1. The molecule has 0 radical (unpaired) electrons. The Kier molecular flexibility index (Phi) is 3.98. The Hall–Kier alpha value is -1.40. The van der Waals surface area contributed by atoms with Crippen molar-refractivity contribution < 1.29 is 14.4 Å².